The van der Waals surface area contributed by atoms with Crippen molar-refractivity contribution in [2.75, 3.05) is 10.6 Å². The summed E-state index contributed by atoms with van der Waals surface area (Å²) in [5.41, 5.74) is 8.58. The summed E-state index contributed by atoms with van der Waals surface area (Å²) in [5, 5.41) is 26.6. The average molecular weight is 384 g/mol. The maximum Gasteiger partial charge on any atom is 0.224 e. The van der Waals surface area contributed by atoms with Crippen molar-refractivity contribution in [2.45, 2.75) is 69.4 Å². The van der Waals surface area contributed by atoms with Gasteiger partial charge in [-0.3, -0.25) is 4.98 Å². The first-order chi connectivity index (χ1) is 13.6. The number of aromatic nitrogens is 3. The maximum atomic E-state index is 9.92. The molecule has 2 aromatic heterocycles. The van der Waals surface area contributed by atoms with Crippen LogP contribution < -0.4 is 16.4 Å². The predicted molar refractivity (Wildman–Crippen MR) is 107 cm³/mol. The zero-order valence-corrected chi connectivity index (χ0v) is 15.9. The third-order valence-corrected chi connectivity index (χ3v) is 5.64. The third kappa shape index (κ3) is 4.40. The molecule has 6 N–H and O–H groups in total. The van der Waals surface area contributed by atoms with Crippen LogP contribution in [0.1, 0.15) is 55.2 Å². The van der Waals surface area contributed by atoms with Gasteiger partial charge in [-0.05, 0) is 50.2 Å². The van der Waals surface area contributed by atoms with Gasteiger partial charge in [0.15, 0.2) is 0 Å². The summed E-state index contributed by atoms with van der Waals surface area (Å²) in [6.07, 6.45) is 8.15. The topological polar surface area (TPSA) is 129 Å². The number of nitrogens with two attached hydrogens (primary N) is 1. The Balaban J connectivity index is 1.49. The number of aliphatic hydroxyl groups excluding tert-OH is 2. The molecule has 0 aromatic carbocycles. The Bertz CT molecular complexity index is 815. The normalized spacial score (nSPS) is 25.6. The minimum absolute atomic E-state index is 0.106. The summed E-state index contributed by atoms with van der Waals surface area (Å²) in [7, 11) is 0. The fourth-order valence-corrected chi connectivity index (χ4v) is 4.13. The van der Waals surface area contributed by atoms with Gasteiger partial charge >= 0.3 is 0 Å². The summed E-state index contributed by atoms with van der Waals surface area (Å²) < 4.78 is 0. The average Bonchev–Trinajstić information content (AvgIpc) is 2.68. The molecule has 2 aliphatic carbocycles. The van der Waals surface area contributed by atoms with Crippen molar-refractivity contribution < 1.29 is 10.2 Å². The molecule has 2 heterocycles. The van der Waals surface area contributed by atoms with Gasteiger partial charge in [0, 0.05) is 36.6 Å². The summed E-state index contributed by atoms with van der Waals surface area (Å²) in [5.74, 6) is 1.04. The summed E-state index contributed by atoms with van der Waals surface area (Å²) >= 11 is 0. The standard InChI is InChI=1S/C20H28N6O2/c21-18(28)16-11-23-20(26-19(16)24-13-4-1-5-15(27)9-13)25-14-7-6-12-3-2-8-22-17(12)10-14/h2-3,8,11,13-15,18,27-28H,1,4-7,9-10,21H2,(H2,23,24,25,26)/t13-,14+,15+,18?/m1/s1. The van der Waals surface area contributed by atoms with E-state index in [0.29, 0.717) is 23.8 Å². The van der Waals surface area contributed by atoms with E-state index >= 15 is 0 Å². The van der Waals surface area contributed by atoms with E-state index in [9.17, 15) is 10.2 Å². The van der Waals surface area contributed by atoms with Gasteiger partial charge in [-0.25, -0.2) is 4.98 Å². The lowest BCUT2D eigenvalue weighted by Crippen LogP contribution is -2.32. The van der Waals surface area contributed by atoms with Crippen LogP contribution in [0.15, 0.2) is 24.5 Å². The molecule has 2 aromatic rings. The number of pyridine rings is 1. The van der Waals surface area contributed by atoms with Gasteiger partial charge in [-0.1, -0.05) is 6.07 Å². The Kier molecular flexibility index (Phi) is 5.70. The van der Waals surface area contributed by atoms with Gasteiger partial charge in [0.05, 0.1) is 11.7 Å². The number of fused-ring (bicyclic) bond motifs is 1. The predicted octanol–water partition coefficient (Wildman–Crippen LogP) is 1.51. The minimum atomic E-state index is -1.16. The smallest absolute Gasteiger partial charge is 0.224 e. The second kappa shape index (κ2) is 8.38. The lowest BCUT2D eigenvalue weighted by atomic mass is 9.92. The van der Waals surface area contributed by atoms with Crippen molar-refractivity contribution in [3.8, 4) is 0 Å². The van der Waals surface area contributed by atoms with Crippen molar-refractivity contribution in [3.63, 3.8) is 0 Å². The number of rotatable bonds is 5. The van der Waals surface area contributed by atoms with Crippen molar-refractivity contribution >= 4 is 11.8 Å². The molecule has 8 heteroatoms. The van der Waals surface area contributed by atoms with Crippen LogP contribution >= 0.6 is 0 Å². The number of nitrogens with one attached hydrogen (secondary N) is 2. The molecule has 4 atom stereocenters. The van der Waals surface area contributed by atoms with E-state index in [1.165, 1.54) is 5.56 Å². The summed E-state index contributed by atoms with van der Waals surface area (Å²) in [6.45, 7) is 0. The van der Waals surface area contributed by atoms with Crippen molar-refractivity contribution in [2.24, 2.45) is 5.73 Å². The zero-order valence-electron chi connectivity index (χ0n) is 15.9. The van der Waals surface area contributed by atoms with Crippen LogP contribution in [0.25, 0.3) is 0 Å². The number of aliphatic hydroxyl groups is 2. The van der Waals surface area contributed by atoms with E-state index in [2.05, 4.69) is 31.7 Å². The molecule has 0 radical (unpaired) electrons. The van der Waals surface area contributed by atoms with Crippen molar-refractivity contribution in [3.05, 3.63) is 41.3 Å². The Morgan fingerprint density at radius 2 is 2.04 bits per heavy atom. The molecule has 0 saturated heterocycles. The highest BCUT2D eigenvalue weighted by Gasteiger charge is 2.24. The number of anilines is 2. The minimum Gasteiger partial charge on any atom is -0.393 e. The van der Waals surface area contributed by atoms with E-state index in [1.54, 1.807) is 6.20 Å². The Labute approximate surface area is 164 Å². The van der Waals surface area contributed by atoms with E-state index in [-0.39, 0.29) is 18.2 Å². The van der Waals surface area contributed by atoms with Crippen LogP contribution in [0.2, 0.25) is 0 Å². The Morgan fingerprint density at radius 3 is 2.86 bits per heavy atom. The van der Waals surface area contributed by atoms with Gasteiger partial charge < -0.3 is 26.6 Å². The van der Waals surface area contributed by atoms with E-state index in [0.717, 1.165) is 44.2 Å². The van der Waals surface area contributed by atoms with Crippen LogP contribution in [0.3, 0.4) is 0 Å². The number of nitrogens with zero attached hydrogens (tertiary/aromatic N) is 3. The molecule has 0 spiro atoms. The quantitative estimate of drug-likeness (QED) is 0.491. The van der Waals surface area contributed by atoms with Gasteiger partial charge in [-0.2, -0.15) is 4.98 Å². The SMILES string of the molecule is NC(O)c1cnc(N[C@H]2CCc3cccnc3C2)nc1N[C@@H]1CCC[C@H](O)C1. The van der Waals surface area contributed by atoms with Gasteiger partial charge in [0.1, 0.15) is 12.0 Å². The number of hydrogen-bond acceptors (Lipinski definition) is 8. The van der Waals surface area contributed by atoms with Crippen LogP contribution in [-0.2, 0) is 12.8 Å². The molecule has 1 saturated carbocycles. The maximum absolute atomic E-state index is 9.92. The molecule has 1 fully saturated rings. The highest BCUT2D eigenvalue weighted by molar-refractivity contribution is 5.49. The van der Waals surface area contributed by atoms with Crippen molar-refractivity contribution in [1.29, 1.82) is 0 Å². The second-order valence-corrected chi connectivity index (χ2v) is 7.80. The van der Waals surface area contributed by atoms with Gasteiger partial charge in [-0.15, -0.1) is 0 Å². The summed E-state index contributed by atoms with van der Waals surface area (Å²) in [6, 6.07) is 4.43. The number of hydrogen-bond donors (Lipinski definition) is 5. The molecule has 0 amide bonds. The molecule has 0 bridgehead atoms. The van der Waals surface area contributed by atoms with Crippen LogP contribution in [0.5, 0.6) is 0 Å². The zero-order chi connectivity index (χ0) is 19.5. The largest absolute Gasteiger partial charge is 0.393 e. The number of aryl methyl sites for hydroxylation is 1. The molecular formula is C20H28N6O2. The first-order valence-electron chi connectivity index (χ1n) is 10.0. The fraction of sp³-hybridized carbons (Fsp3) is 0.550. The molecule has 28 heavy (non-hydrogen) atoms. The monoisotopic (exact) mass is 384 g/mol. The molecule has 2 aliphatic rings. The molecule has 0 aliphatic heterocycles. The van der Waals surface area contributed by atoms with Gasteiger partial charge in [0.2, 0.25) is 5.95 Å². The Morgan fingerprint density at radius 1 is 1.14 bits per heavy atom. The molecule has 8 nitrogen and oxygen atoms in total. The van der Waals surface area contributed by atoms with Crippen molar-refractivity contribution in [1.82, 2.24) is 15.0 Å². The van der Waals surface area contributed by atoms with Crippen LogP contribution in [0, 0.1) is 0 Å². The third-order valence-electron chi connectivity index (χ3n) is 5.64. The second-order valence-electron chi connectivity index (χ2n) is 7.80. The molecular weight excluding hydrogens is 356 g/mol. The molecule has 4 rings (SSSR count). The van der Waals surface area contributed by atoms with E-state index in [4.69, 9.17) is 5.73 Å². The van der Waals surface area contributed by atoms with Crippen LogP contribution in [0.4, 0.5) is 11.8 Å². The first kappa shape index (κ1) is 19.0. The summed E-state index contributed by atoms with van der Waals surface area (Å²) in [4.78, 5) is 13.4. The first-order valence-corrected chi connectivity index (χ1v) is 10.0. The van der Waals surface area contributed by atoms with E-state index < -0.39 is 6.23 Å². The highest BCUT2D eigenvalue weighted by Crippen LogP contribution is 2.26. The van der Waals surface area contributed by atoms with Gasteiger partial charge in [0.25, 0.3) is 0 Å². The van der Waals surface area contributed by atoms with E-state index in [1.807, 2.05) is 12.3 Å². The Hall–Kier alpha value is -2.29. The lowest BCUT2D eigenvalue weighted by molar-refractivity contribution is 0.124. The lowest BCUT2D eigenvalue weighted by Gasteiger charge is -2.28. The molecule has 1 unspecified atom stereocenters. The molecule has 150 valence electrons. The van der Waals surface area contributed by atoms with Crippen LogP contribution in [-0.4, -0.2) is 43.4 Å². The fourth-order valence-electron chi connectivity index (χ4n) is 4.13. The highest BCUT2D eigenvalue weighted by atomic mass is 16.3.